The highest BCUT2D eigenvalue weighted by molar-refractivity contribution is 8.02. The number of rotatable bonds is 6. The Kier molecular flexibility index (Phi) is 12.3. The molecule has 14 aromatic rings. The van der Waals surface area contributed by atoms with Gasteiger partial charge in [-0.25, -0.2) is 0 Å². The third-order valence-electron chi connectivity index (χ3n) is 20.1. The minimum Gasteiger partial charge on any atom is -0.311 e. The van der Waals surface area contributed by atoms with Gasteiger partial charge in [-0.3, -0.25) is 0 Å². The zero-order valence-corrected chi connectivity index (χ0v) is 54.5. The number of hydrogen-bond acceptors (Lipinski definition) is 6. The fraction of sp³-hybridized carbons (Fsp3) is 0. The van der Waals surface area contributed by atoms with Crippen molar-refractivity contribution in [1.29, 1.82) is 0 Å². The molecule has 0 amide bonds. The van der Waals surface area contributed by atoms with Gasteiger partial charge in [-0.2, -0.15) is 0 Å². The van der Waals surface area contributed by atoms with Crippen molar-refractivity contribution >= 4 is 156 Å². The SMILES string of the molecule is c1ccc(-c2ccc3c(c2)[Si]2(c4cc(-c5ccccc5)ccc4N3c3cc4c5c(c3)Sc3ccccc3B5c3ccccc3S4)c3cc(-c4ccccc4)ccc3N(c3cc4c5c(c3)Sc3ccccc3B5c3ccccc3S4)c3ccc(-c4ccccc4)cc32)cc1. The van der Waals surface area contributed by atoms with Gasteiger partial charge in [0, 0.05) is 73.3 Å². The zero-order valence-electron chi connectivity index (χ0n) is 50.2. The molecule has 6 aliphatic rings. The smallest absolute Gasteiger partial charge is 0.247 e. The third kappa shape index (κ3) is 8.24. The van der Waals surface area contributed by atoms with Crippen molar-refractivity contribution in [3.8, 4) is 44.5 Å². The van der Waals surface area contributed by atoms with Gasteiger partial charge in [0.05, 0.1) is 0 Å². The van der Waals surface area contributed by atoms with E-state index in [1.807, 2.05) is 47.0 Å². The van der Waals surface area contributed by atoms with E-state index in [4.69, 9.17) is 0 Å². The normalized spacial score (nSPS) is 14.3. The van der Waals surface area contributed by atoms with E-state index in [1.54, 1.807) is 0 Å². The van der Waals surface area contributed by atoms with Crippen LogP contribution in [0.2, 0.25) is 0 Å². The average Bonchev–Trinajstić information content (AvgIpc) is 0.673. The first kappa shape index (κ1) is 54.0. The average molecular weight is 1270 g/mol. The number of benzene rings is 14. The number of hydrogen-bond donors (Lipinski definition) is 0. The summed E-state index contributed by atoms with van der Waals surface area (Å²) in [5, 5.41) is 5.45. The lowest BCUT2D eigenvalue weighted by molar-refractivity contribution is 1.23. The van der Waals surface area contributed by atoms with E-state index < -0.39 is 8.07 Å². The van der Waals surface area contributed by atoms with E-state index >= 15 is 0 Å². The largest absolute Gasteiger partial charge is 0.311 e. The molecule has 0 atom stereocenters. The minimum atomic E-state index is -3.65. The van der Waals surface area contributed by atoms with Gasteiger partial charge in [0.25, 0.3) is 0 Å². The predicted octanol–water partition coefficient (Wildman–Crippen LogP) is 16.2. The summed E-state index contributed by atoms with van der Waals surface area (Å²) in [6.07, 6.45) is 0. The highest BCUT2D eigenvalue weighted by atomic mass is 32.2. The topological polar surface area (TPSA) is 6.48 Å². The van der Waals surface area contributed by atoms with Gasteiger partial charge >= 0.3 is 0 Å². The van der Waals surface area contributed by atoms with Crippen molar-refractivity contribution in [3.05, 3.63) is 315 Å². The molecule has 0 saturated heterocycles. The van der Waals surface area contributed by atoms with Crippen LogP contribution in [0.3, 0.4) is 0 Å². The van der Waals surface area contributed by atoms with Crippen molar-refractivity contribution in [3.63, 3.8) is 0 Å². The van der Waals surface area contributed by atoms with Gasteiger partial charge in [-0.1, -0.05) is 312 Å². The van der Waals surface area contributed by atoms with Gasteiger partial charge in [-0.15, -0.1) is 0 Å². The summed E-state index contributed by atoms with van der Waals surface area (Å²) in [6, 6.07) is 121. The Labute approximate surface area is 560 Å². The number of nitrogens with zero attached hydrogens (tertiary/aromatic N) is 2. The molecule has 0 bridgehead atoms. The molecule has 9 heteroatoms. The Balaban J connectivity index is 0.911. The zero-order chi connectivity index (χ0) is 60.9. The molecule has 1 spiro atoms. The van der Waals surface area contributed by atoms with Gasteiger partial charge in [0.15, 0.2) is 8.07 Å². The molecule has 0 saturated carbocycles. The Hall–Kier alpha value is -9.57. The molecule has 20 rings (SSSR count). The fourth-order valence-electron chi connectivity index (χ4n) is 16.1. The van der Waals surface area contributed by atoms with Crippen molar-refractivity contribution in [2.75, 3.05) is 9.80 Å². The maximum atomic E-state index is 2.67. The molecule has 0 aromatic heterocycles. The summed E-state index contributed by atoms with van der Waals surface area (Å²) in [5.74, 6) is 0. The maximum absolute atomic E-state index is 3.65. The molecular weight excluding hydrogens is 1210 g/mol. The lowest BCUT2D eigenvalue weighted by Crippen LogP contribution is -2.79. The standard InChI is InChI=1S/C84H52B2N2S4Si/c1-5-21-53(22-6-1)57-37-41-67-79(45-57)93(80-46-58(54-23-7-2-8-24-54)38-42-68(80)87(67)61-49-75-83-76(50-61)90-72-34-18-14-30-64(72)85(83)63-29-13-17-33-71(63)89-75)81-47-59(55-25-9-3-10-26-55)39-43-69(81)88(70-44-40-60(48-82(70)93)56-27-11-4-12-28-56)62-51-77-84-78(52-62)92-74-36-20-16-32-66(74)86(84)65-31-15-19-35-73(65)91-77/h1-52H. The van der Waals surface area contributed by atoms with Crippen LogP contribution in [0.1, 0.15) is 0 Å². The quantitative estimate of drug-likeness (QED) is 0.152. The Morgan fingerprint density at radius 2 is 0.452 bits per heavy atom. The molecule has 14 aromatic carbocycles. The number of anilines is 6. The molecule has 0 N–H and O–H groups in total. The molecule has 6 aliphatic heterocycles. The van der Waals surface area contributed by atoms with E-state index in [0.29, 0.717) is 0 Å². The van der Waals surface area contributed by atoms with Gasteiger partial charge in [0.2, 0.25) is 13.4 Å². The van der Waals surface area contributed by atoms with E-state index in [1.165, 1.54) is 171 Å². The van der Waals surface area contributed by atoms with E-state index in [-0.39, 0.29) is 13.4 Å². The van der Waals surface area contributed by atoms with Crippen LogP contribution >= 0.6 is 47.0 Å². The Morgan fingerprint density at radius 3 is 0.710 bits per heavy atom. The van der Waals surface area contributed by atoms with E-state index in [2.05, 4.69) is 325 Å². The highest BCUT2D eigenvalue weighted by Gasteiger charge is 2.55. The Morgan fingerprint density at radius 1 is 0.215 bits per heavy atom. The molecule has 0 radical (unpaired) electrons. The molecule has 0 aliphatic carbocycles. The summed E-state index contributed by atoms with van der Waals surface area (Å²) in [6.45, 7) is 0.292. The van der Waals surface area contributed by atoms with Gasteiger partial charge in [-0.05, 0) is 149 Å². The van der Waals surface area contributed by atoms with E-state index in [9.17, 15) is 0 Å². The molecule has 0 unspecified atom stereocenters. The van der Waals surface area contributed by atoms with Crippen LogP contribution in [0.15, 0.2) is 355 Å². The van der Waals surface area contributed by atoms with Crippen molar-refractivity contribution < 1.29 is 0 Å². The van der Waals surface area contributed by atoms with Crippen LogP contribution in [0, 0.1) is 0 Å². The summed E-state index contributed by atoms with van der Waals surface area (Å²) in [5.41, 5.74) is 25.2. The summed E-state index contributed by atoms with van der Waals surface area (Å²) in [7, 11) is -3.65. The second-order valence-electron chi connectivity index (χ2n) is 24.9. The highest BCUT2D eigenvalue weighted by Crippen LogP contribution is 2.51. The molecule has 0 fully saturated rings. The first-order chi connectivity index (χ1) is 46.1. The monoisotopic (exact) mass is 1270 g/mol. The van der Waals surface area contributed by atoms with E-state index in [0.717, 1.165) is 0 Å². The summed E-state index contributed by atoms with van der Waals surface area (Å²) >= 11 is 7.73. The maximum Gasteiger partial charge on any atom is 0.247 e. The van der Waals surface area contributed by atoms with Gasteiger partial charge in [0.1, 0.15) is 0 Å². The molecule has 2 nitrogen and oxygen atoms in total. The number of fused-ring (bicyclic) bond motifs is 16. The van der Waals surface area contributed by atoms with Crippen LogP contribution in [0.25, 0.3) is 44.5 Å². The summed E-state index contributed by atoms with van der Waals surface area (Å²) in [4.78, 5) is 15.9. The second kappa shape index (κ2) is 21.2. The lowest BCUT2D eigenvalue weighted by Gasteiger charge is -2.50. The predicted molar refractivity (Wildman–Crippen MR) is 400 cm³/mol. The van der Waals surface area contributed by atoms with Crippen molar-refractivity contribution in [2.24, 2.45) is 0 Å². The third-order valence-corrected chi connectivity index (χ3v) is 29.5. The second-order valence-corrected chi connectivity index (χ2v) is 32.9. The fourth-order valence-corrected chi connectivity index (χ4v) is 26.6. The van der Waals surface area contributed by atoms with Crippen molar-refractivity contribution in [1.82, 2.24) is 0 Å². The van der Waals surface area contributed by atoms with Crippen LogP contribution in [-0.4, -0.2) is 21.5 Å². The summed E-state index contributed by atoms with van der Waals surface area (Å²) < 4.78 is 0. The van der Waals surface area contributed by atoms with Crippen LogP contribution in [-0.2, 0) is 0 Å². The molecule has 6 heterocycles. The first-order valence-electron chi connectivity index (χ1n) is 31.9. The van der Waals surface area contributed by atoms with Crippen LogP contribution in [0.5, 0.6) is 0 Å². The van der Waals surface area contributed by atoms with Crippen LogP contribution in [0.4, 0.5) is 34.1 Å². The minimum absolute atomic E-state index is 0.146. The van der Waals surface area contributed by atoms with Gasteiger partial charge < -0.3 is 9.80 Å². The molecular formula is C84H52B2N2S4Si. The van der Waals surface area contributed by atoms with Crippen LogP contribution < -0.4 is 63.3 Å². The first-order valence-corrected chi connectivity index (χ1v) is 37.2. The Bertz CT molecular complexity index is 4790. The molecule has 432 valence electrons. The van der Waals surface area contributed by atoms with Crippen molar-refractivity contribution in [2.45, 2.75) is 39.2 Å². The lowest BCUT2D eigenvalue weighted by atomic mass is 9.36. The molecule has 93 heavy (non-hydrogen) atoms.